The molecule has 3 aliphatic heterocycles. The van der Waals surface area contributed by atoms with Crippen LogP contribution in [0, 0.1) is 0 Å². The number of hydrogen-bond donors (Lipinski definition) is 0. The van der Waals surface area contributed by atoms with E-state index in [1.165, 1.54) is 65.3 Å². The summed E-state index contributed by atoms with van der Waals surface area (Å²) in [4.78, 5) is 0. The molecule has 0 unspecified atom stereocenters. The number of ether oxygens (including phenoxy) is 2. The number of hydrogen-bond acceptors (Lipinski definition) is 2. The fourth-order valence-electron chi connectivity index (χ4n) is 16.5. The fraction of sp³-hybridized carbons (Fsp3) is 0.0227. The summed E-state index contributed by atoms with van der Waals surface area (Å²) < 4.78 is 15.0. The normalized spacial score (nSPS) is 14.2. The van der Waals surface area contributed by atoms with E-state index in [0.717, 1.165) is 89.1 Å². The van der Waals surface area contributed by atoms with Gasteiger partial charge in [-0.05, 0) is 116 Å². The van der Waals surface area contributed by atoms with Gasteiger partial charge in [0.05, 0.1) is 10.8 Å². The van der Waals surface area contributed by atoms with Crippen molar-refractivity contribution in [2.75, 3.05) is 0 Å². The molecule has 3 heteroatoms. The van der Waals surface area contributed by atoms with Gasteiger partial charge in [-0.3, -0.25) is 0 Å². The summed E-state index contributed by atoms with van der Waals surface area (Å²) in [6, 6.07) is 131. The third-order valence-corrected chi connectivity index (χ3v) is 25.0. The lowest BCUT2D eigenvalue weighted by molar-refractivity contribution is 0.436. The Morgan fingerprint density at radius 3 is 1.02 bits per heavy atom. The van der Waals surface area contributed by atoms with Gasteiger partial charge < -0.3 is 9.47 Å². The van der Waals surface area contributed by atoms with Gasteiger partial charge in [0.15, 0.2) is 8.07 Å². The van der Waals surface area contributed by atoms with Gasteiger partial charge in [-0.15, -0.1) is 0 Å². The first-order chi connectivity index (χ1) is 45.2. The highest BCUT2D eigenvalue weighted by atomic mass is 28.3. The van der Waals surface area contributed by atoms with Gasteiger partial charge in [0.2, 0.25) is 0 Å². The Labute approximate surface area is 531 Å². The Hall–Kier alpha value is -11.4. The highest BCUT2D eigenvalue weighted by Gasteiger charge is 2.51. The Morgan fingerprint density at radius 2 is 0.560 bits per heavy atom. The molecule has 3 aliphatic rings. The van der Waals surface area contributed by atoms with Gasteiger partial charge in [-0.1, -0.05) is 334 Å². The Bertz CT molecular complexity index is 4980. The number of benzene rings is 15. The van der Waals surface area contributed by atoms with Crippen LogP contribution in [0.4, 0.5) is 0 Å². The van der Waals surface area contributed by atoms with E-state index in [0.29, 0.717) is 0 Å². The monoisotopic (exact) mass is 1170 g/mol. The Morgan fingerprint density at radius 1 is 0.231 bits per heavy atom. The van der Waals surface area contributed by atoms with Crippen molar-refractivity contribution in [3.8, 4) is 67.5 Å². The SMILES string of the molecule is c1ccc(C2(c3ccccc3)c3ccccc3Oc3c(-c4cccc5c(-c6cccc7c6[Si](c6ccccc6)(c6ccccc6)c6ccccc6-7)c6cccc(-c7cccc8c7Oc7ccccc7C8(c7ccccc7)c7ccccc7)c6cc45)cccc32)cc1. The van der Waals surface area contributed by atoms with Crippen LogP contribution in [0.2, 0.25) is 0 Å². The summed E-state index contributed by atoms with van der Waals surface area (Å²) in [5, 5.41) is 10.1. The van der Waals surface area contributed by atoms with Crippen LogP contribution in [0.15, 0.2) is 352 Å². The third-order valence-electron chi connectivity index (χ3n) is 20.0. The molecular weight excluding hydrogens is 1120 g/mol. The second kappa shape index (κ2) is 20.9. The van der Waals surface area contributed by atoms with Crippen molar-refractivity contribution >= 4 is 50.4 Å². The molecule has 3 heterocycles. The summed E-state index contributed by atoms with van der Waals surface area (Å²) in [5.74, 6) is 3.36. The molecule has 15 aromatic carbocycles. The lowest BCUT2D eigenvalue weighted by Crippen LogP contribution is -2.73. The van der Waals surface area contributed by atoms with Crippen molar-refractivity contribution in [2.24, 2.45) is 0 Å². The first kappa shape index (κ1) is 52.7. The predicted octanol–water partition coefficient (Wildman–Crippen LogP) is 19.3. The maximum Gasteiger partial charge on any atom is 0.181 e. The van der Waals surface area contributed by atoms with E-state index in [1.54, 1.807) is 0 Å². The maximum atomic E-state index is 7.50. The molecule has 18 rings (SSSR count). The van der Waals surface area contributed by atoms with Crippen molar-refractivity contribution in [2.45, 2.75) is 10.8 Å². The average molecular weight is 1180 g/mol. The third kappa shape index (κ3) is 7.53. The van der Waals surface area contributed by atoms with Crippen molar-refractivity contribution in [3.63, 3.8) is 0 Å². The Kier molecular flexibility index (Phi) is 12.1. The molecule has 0 amide bonds. The number of fused-ring (bicyclic) bond motifs is 9. The molecule has 0 aliphatic carbocycles. The molecule has 0 aromatic heterocycles. The largest absolute Gasteiger partial charge is 0.456 e. The summed E-state index contributed by atoms with van der Waals surface area (Å²) in [6.45, 7) is 0. The van der Waals surface area contributed by atoms with E-state index in [2.05, 4.69) is 352 Å². The second-order valence-corrected chi connectivity index (χ2v) is 28.0. The van der Waals surface area contributed by atoms with Crippen molar-refractivity contribution in [1.29, 1.82) is 0 Å². The summed E-state index contributed by atoms with van der Waals surface area (Å²) in [7, 11) is -3.09. The van der Waals surface area contributed by atoms with Crippen molar-refractivity contribution < 1.29 is 9.47 Å². The molecule has 0 spiro atoms. The minimum Gasteiger partial charge on any atom is -0.456 e. The van der Waals surface area contributed by atoms with Gasteiger partial charge >= 0.3 is 0 Å². The molecule has 0 atom stereocenters. The molecule has 0 N–H and O–H groups in total. The highest BCUT2D eigenvalue weighted by molar-refractivity contribution is 7.22. The first-order valence-corrected chi connectivity index (χ1v) is 33.6. The van der Waals surface area contributed by atoms with E-state index in [-0.39, 0.29) is 0 Å². The van der Waals surface area contributed by atoms with Crippen LogP contribution in [0.1, 0.15) is 44.5 Å². The van der Waals surface area contributed by atoms with Gasteiger partial charge in [-0.25, -0.2) is 0 Å². The predicted molar refractivity (Wildman–Crippen MR) is 377 cm³/mol. The topological polar surface area (TPSA) is 18.5 Å². The van der Waals surface area contributed by atoms with Crippen molar-refractivity contribution in [3.05, 3.63) is 396 Å². The van der Waals surface area contributed by atoms with Gasteiger partial charge in [0.25, 0.3) is 0 Å². The summed E-state index contributed by atoms with van der Waals surface area (Å²) >= 11 is 0. The van der Waals surface area contributed by atoms with E-state index in [1.807, 2.05) is 0 Å². The first-order valence-electron chi connectivity index (χ1n) is 31.6. The quantitative estimate of drug-likeness (QED) is 0.106. The summed E-state index contributed by atoms with van der Waals surface area (Å²) in [6.07, 6.45) is 0. The number of para-hydroxylation sites is 4. The van der Waals surface area contributed by atoms with Gasteiger partial charge in [0, 0.05) is 33.4 Å². The molecule has 0 bridgehead atoms. The van der Waals surface area contributed by atoms with Crippen LogP contribution in [0.25, 0.3) is 66.1 Å². The highest BCUT2D eigenvalue weighted by Crippen LogP contribution is 2.60. The molecule has 91 heavy (non-hydrogen) atoms. The zero-order valence-corrected chi connectivity index (χ0v) is 50.8. The van der Waals surface area contributed by atoms with Gasteiger partial charge in [0.1, 0.15) is 23.0 Å². The van der Waals surface area contributed by atoms with E-state index in [4.69, 9.17) is 9.47 Å². The van der Waals surface area contributed by atoms with Crippen molar-refractivity contribution in [1.82, 2.24) is 0 Å². The van der Waals surface area contributed by atoms with E-state index in [9.17, 15) is 0 Å². The molecule has 426 valence electrons. The van der Waals surface area contributed by atoms with E-state index >= 15 is 0 Å². The lowest BCUT2D eigenvalue weighted by atomic mass is 9.63. The van der Waals surface area contributed by atoms with Crippen LogP contribution < -0.4 is 30.2 Å². The zero-order chi connectivity index (χ0) is 60.1. The molecule has 0 saturated carbocycles. The Balaban J connectivity index is 0.978. The minimum atomic E-state index is -3.09. The van der Waals surface area contributed by atoms with Crippen LogP contribution in [-0.4, -0.2) is 8.07 Å². The number of rotatable bonds is 9. The standard InChI is InChI=1S/C88H58O2Si/c1-7-30-59(31-8-1)87(60-32-9-2-10-33-60)76-51-20-22-55-80(76)89-84-70(47-28-53-78(84)87)65-43-25-45-68-74(65)58-75-66(71-48-29-54-79-85(71)90-81-56-23-21-52-77(81)88(79,61-34-11-3-12-35-61)62-36-13-4-14-37-62)44-26-46-69(75)83(68)73-50-27-49-72-67-42-19-24-57-82(67)91(86(72)73,63-38-15-5-16-39-63)64-40-17-6-18-41-64/h1-58H. The van der Waals surface area contributed by atoms with E-state index < -0.39 is 18.9 Å². The van der Waals surface area contributed by atoms with Crippen LogP contribution in [-0.2, 0) is 10.8 Å². The van der Waals surface area contributed by atoms with Crippen LogP contribution >= 0.6 is 0 Å². The molecular formula is C88H58O2Si. The zero-order valence-electron chi connectivity index (χ0n) is 49.8. The molecule has 2 nitrogen and oxygen atoms in total. The molecule has 0 fully saturated rings. The smallest absolute Gasteiger partial charge is 0.181 e. The lowest BCUT2D eigenvalue weighted by Gasteiger charge is -2.42. The second-order valence-electron chi connectivity index (χ2n) is 24.3. The molecule has 0 saturated heterocycles. The average Bonchev–Trinajstić information content (AvgIpc) is 1.72. The minimum absolute atomic E-state index is 0.708. The van der Waals surface area contributed by atoms with Crippen LogP contribution in [0.3, 0.4) is 0 Å². The van der Waals surface area contributed by atoms with Crippen LogP contribution in [0.5, 0.6) is 23.0 Å². The summed E-state index contributed by atoms with van der Waals surface area (Å²) in [5.41, 5.74) is 16.9. The maximum absolute atomic E-state index is 7.50. The molecule has 0 radical (unpaired) electrons. The molecule has 15 aromatic rings. The fourth-order valence-corrected chi connectivity index (χ4v) is 21.9. The van der Waals surface area contributed by atoms with Gasteiger partial charge in [-0.2, -0.15) is 0 Å².